The van der Waals surface area contributed by atoms with Crippen molar-refractivity contribution in [3.63, 3.8) is 0 Å². The smallest absolute Gasteiger partial charge is 0.362 e. The van der Waals surface area contributed by atoms with E-state index in [0.29, 0.717) is 0 Å². The number of anilines is 1. The van der Waals surface area contributed by atoms with E-state index >= 15 is 0 Å². The third-order valence-corrected chi connectivity index (χ3v) is 5.55. The van der Waals surface area contributed by atoms with Crippen LogP contribution in [0.5, 0.6) is 0 Å². The molecule has 1 aliphatic rings. The molecule has 0 saturated heterocycles. The largest absolute Gasteiger partial charge is 0.410 e. The van der Waals surface area contributed by atoms with Gasteiger partial charge in [-0.15, -0.1) is 11.3 Å². The number of halogens is 4. The molecule has 1 amide bonds. The zero-order valence-electron chi connectivity index (χ0n) is 13.4. The molecule has 0 spiro atoms. The fourth-order valence-electron chi connectivity index (χ4n) is 2.74. The molecule has 0 radical (unpaired) electrons. The summed E-state index contributed by atoms with van der Waals surface area (Å²) in [5, 5.41) is 11.5. The molecule has 25 heavy (non-hydrogen) atoms. The number of carbonyl (C=O) groups excluding carboxylic acids is 1. The van der Waals surface area contributed by atoms with Crippen LogP contribution in [-0.4, -0.2) is 27.9 Å². The number of nitrogens with zero attached hydrogens (tertiary/aromatic N) is 2. The predicted octanol–water partition coefficient (Wildman–Crippen LogP) is 4.51. The Hall–Kier alpha value is -1.55. The monoisotopic (exact) mass is 436 g/mol. The maximum absolute atomic E-state index is 13.6. The van der Waals surface area contributed by atoms with Crippen molar-refractivity contribution in [2.75, 3.05) is 5.32 Å². The zero-order valence-corrected chi connectivity index (χ0v) is 15.8. The van der Waals surface area contributed by atoms with Gasteiger partial charge in [-0.1, -0.05) is 6.07 Å². The molecular formula is C15H16BrF3N4OS. The number of amides is 1. The summed E-state index contributed by atoms with van der Waals surface area (Å²) in [4.78, 5) is 13.0. The summed E-state index contributed by atoms with van der Waals surface area (Å²) in [6, 6.07) is 1.15. The van der Waals surface area contributed by atoms with Crippen molar-refractivity contribution < 1.29 is 18.0 Å². The minimum atomic E-state index is -4.47. The zero-order chi connectivity index (χ0) is 18.4. The van der Waals surface area contributed by atoms with Crippen molar-refractivity contribution in [3.8, 4) is 0 Å². The Morgan fingerprint density at radius 2 is 2.24 bits per heavy atom. The molecule has 0 aromatic carbocycles. The summed E-state index contributed by atoms with van der Waals surface area (Å²) in [5.74, 6) is -0.347. The van der Waals surface area contributed by atoms with E-state index in [1.165, 1.54) is 11.3 Å². The minimum Gasteiger partial charge on any atom is -0.362 e. The molecule has 0 unspecified atom stereocenters. The second-order valence-electron chi connectivity index (χ2n) is 6.09. The molecule has 2 N–H and O–H groups in total. The van der Waals surface area contributed by atoms with Crippen LogP contribution < -0.4 is 10.6 Å². The fraction of sp³-hybridized carbons (Fsp3) is 0.467. The first-order valence-electron chi connectivity index (χ1n) is 7.64. The van der Waals surface area contributed by atoms with E-state index in [-0.39, 0.29) is 28.4 Å². The number of carbonyl (C=O) groups is 1. The maximum atomic E-state index is 13.6. The first kappa shape index (κ1) is 18.2. The lowest BCUT2D eigenvalue weighted by molar-refractivity contribution is -0.173. The minimum absolute atomic E-state index is 0.0581. The summed E-state index contributed by atoms with van der Waals surface area (Å²) in [5.41, 5.74) is -0.0581. The first-order valence-corrected chi connectivity index (χ1v) is 9.31. The summed E-state index contributed by atoms with van der Waals surface area (Å²) in [6.45, 7) is 3.54. The second kappa shape index (κ2) is 6.64. The average molecular weight is 437 g/mol. The van der Waals surface area contributed by atoms with E-state index in [2.05, 4.69) is 31.7 Å². The molecule has 3 heterocycles. The van der Waals surface area contributed by atoms with Crippen LogP contribution in [-0.2, 0) is 0 Å². The third kappa shape index (κ3) is 3.55. The van der Waals surface area contributed by atoms with Gasteiger partial charge in [0, 0.05) is 17.3 Å². The van der Waals surface area contributed by atoms with Crippen LogP contribution >= 0.6 is 27.3 Å². The van der Waals surface area contributed by atoms with E-state index in [1.54, 1.807) is 26.0 Å². The number of fused-ring (bicyclic) bond motifs is 1. The third-order valence-electron chi connectivity index (χ3n) is 3.82. The Morgan fingerprint density at radius 1 is 1.52 bits per heavy atom. The van der Waals surface area contributed by atoms with Gasteiger partial charge in [-0.3, -0.25) is 4.79 Å². The number of alkyl halides is 3. The van der Waals surface area contributed by atoms with E-state index in [4.69, 9.17) is 0 Å². The van der Waals surface area contributed by atoms with Crippen LogP contribution in [0.2, 0.25) is 0 Å². The van der Waals surface area contributed by atoms with Crippen LogP contribution in [0.25, 0.3) is 0 Å². The van der Waals surface area contributed by atoms with Gasteiger partial charge in [-0.2, -0.15) is 18.3 Å². The predicted molar refractivity (Wildman–Crippen MR) is 92.9 cm³/mol. The standard InChI is InChI=1S/C15H16BrF3N4OS/c1-7(2)20-14(24)12-11(16)13-21-8(9-4-3-5-25-9)6-10(15(17,18)19)23(13)22-12/h3-5,7-8,10,21H,6H2,1-2H3,(H,20,24)/t8-,10+/m1/s1. The highest BCUT2D eigenvalue weighted by atomic mass is 79.9. The molecule has 0 bridgehead atoms. The molecule has 0 fully saturated rings. The Labute approximate surface area is 154 Å². The van der Waals surface area contributed by atoms with Gasteiger partial charge >= 0.3 is 6.18 Å². The summed E-state index contributed by atoms with van der Waals surface area (Å²) < 4.78 is 41.9. The molecule has 0 saturated carbocycles. The van der Waals surface area contributed by atoms with Gasteiger partial charge in [-0.25, -0.2) is 4.68 Å². The number of hydrogen-bond acceptors (Lipinski definition) is 4. The van der Waals surface area contributed by atoms with E-state index in [0.717, 1.165) is 9.56 Å². The Balaban J connectivity index is 2.03. The van der Waals surface area contributed by atoms with Crippen LogP contribution in [0.1, 0.15) is 47.7 Å². The second-order valence-corrected chi connectivity index (χ2v) is 7.86. The number of rotatable bonds is 3. The Morgan fingerprint density at radius 3 is 2.80 bits per heavy atom. The molecule has 2 aromatic rings. The topological polar surface area (TPSA) is 59.0 Å². The van der Waals surface area contributed by atoms with Gasteiger partial charge in [0.05, 0.1) is 10.5 Å². The van der Waals surface area contributed by atoms with Gasteiger partial charge < -0.3 is 10.6 Å². The van der Waals surface area contributed by atoms with Crippen molar-refractivity contribution in [3.05, 3.63) is 32.6 Å². The molecule has 10 heteroatoms. The molecule has 1 aliphatic heterocycles. The lowest BCUT2D eigenvalue weighted by Gasteiger charge is -2.33. The number of nitrogens with one attached hydrogen (secondary N) is 2. The number of aromatic nitrogens is 2. The number of thiophene rings is 1. The van der Waals surface area contributed by atoms with Crippen molar-refractivity contribution in [2.24, 2.45) is 0 Å². The number of hydrogen-bond donors (Lipinski definition) is 2. The lowest BCUT2D eigenvalue weighted by atomic mass is 10.0. The van der Waals surface area contributed by atoms with Crippen LogP contribution in [0.3, 0.4) is 0 Å². The normalized spacial score (nSPS) is 20.3. The molecule has 5 nitrogen and oxygen atoms in total. The van der Waals surface area contributed by atoms with Gasteiger partial charge in [0.25, 0.3) is 5.91 Å². The highest BCUT2D eigenvalue weighted by Crippen LogP contribution is 2.46. The van der Waals surface area contributed by atoms with Gasteiger partial charge in [0.1, 0.15) is 5.82 Å². The fourth-order valence-corrected chi connectivity index (χ4v) is 4.09. The van der Waals surface area contributed by atoms with Crippen molar-refractivity contribution in [1.82, 2.24) is 15.1 Å². The van der Waals surface area contributed by atoms with Crippen LogP contribution in [0.4, 0.5) is 19.0 Å². The summed E-state index contributed by atoms with van der Waals surface area (Å²) in [7, 11) is 0. The van der Waals surface area contributed by atoms with Crippen molar-refractivity contribution in [1.29, 1.82) is 0 Å². The van der Waals surface area contributed by atoms with Crippen molar-refractivity contribution in [2.45, 2.75) is 44.6 Å². The Kier molecular flexibility index (Phi) is 4.84. The van der Waals surface area contributed by atoms with Gasteiger partial charge in [0.2, 0.25) is 0 Å². The lowest BCUT2D eigenvalue weighted by Crippen LogP contribution is -2.35. The first-order chi connectivity index (χ1) is 11.7. The molecule has 3 rings (SSSR count). The molecule has 0 aliphatic carbocycles. The van der Waals surface area contributed by atoms with Gasteiger partial charge in [-0.05, 0) is 41.2 Å². The summed E-state index contributed by atoms with van der Waals surface area (Å²) in [6.07, 6.45) is -4.65. The summed E-state index contributed by atoms with van der Waals surface area (Å²) >= 11 is 4.63. The van der Waals surface area contributed by atoms with Crippen LogP contribution in [0.15, 0.2) is 22.0 Å². The quantitative estimate of drug-likeness (QED) is 0.744. The van der Waals surface area contributed by atoms with Crippen molar-refractivity contribution >= 4 is 39.0 Å². The van der Waals surface area contributed by atoms with E-state index < -0.39 is 24.2 Å². The van der Waals surface area contributed by atoms with Crippen LogP contribution in [0, 0.1) is 0 Å². The van der Waals surface area contributed by atoms with E-state index in [9.17, 15) is 18.0 Å². The molecule has 2 atom stereocenters. The molecular weight excluding hydrogens is 421 g/mol. The Bertz CT molecular complexity index is 773. The highest BCUT2D eigenvalue weighted by molar-refractivity contribution is 9.10. The highest BCUT2D eigenvalue weighted by Gasteiger charge is 2.47. The van der Waals surface area contributed by atoms with E-state index in [1.807, 2.05) is 5.38 Å². The van der Waals surface area contributed by atoms with Gasteiger partial charge in [0.15, 0.2) is 11.7 Å². The average Bonchev–Trinajstić information content (AvgIpc) is 3.13. The molecule has 136 valence electrons. The SMILES string of the molecule is CC(C)NC(=O)c1nn2c(c1Br)N[C@@H](c1cccs1)C[C@H]2C(F)(F)F. The maximum Gasteiger partial charge on any atom is 0.410 e. The molecule has 2 aromatic heterocycles.